The first kappa shape index (κ1) is 15.7. The minimum Gasteiger partial charge on any atom is -0.465 e. The summed E-state index contributed by atoms with van der Waals surface area (Å²) < 4.78 is 4.88. The molecule has 1 aromatic rings. The van der Waals surface area contributed by atoms with E-state index in [0.29, 0.717) is 18.0 Å². The Morgan fingerprint density at radius 2 is 2.00 bits per heavy atom. The highest BCUT2D eigenvalue weighted by molar-refractivity contribution is 7.14. The number of rotatable bonds is 6. The predicted octanol–water partition coefficient (Wildman–Crippen LogP) is 2.64. The molecule has 0 unspecified atom stereocenters. The van der Waals surface area contributed by atoms with Gasteiger partial charge in [0.05, 0.1) is 11.5 Å². The van der Waals surface area contributed by atoms with Crippen LogP contribution in [0, 0.1) is 6.92 Å². The van der Waals surface area contributed by atoms with Gasteiger partial charge in [-0.15, -0.1) is 11.3 Å². The van der Waals surface area contributed by atoms with Crippen LogP contribution in [0.15, 0.2) is 6.07 Å². The Labute approximate surface area is 118 Å². The normalized spacial score (nSPS) is 10.3. The van der Waals surface area contributed by atoms with Gasteiger partial charge >= 0.3 is 5.97 Å². The highest BCUT2D eigenvalue weighted by Crippen LogP contribution is 2.23. The molecule has 106 valence electrons. The van der Waals surface area contributed by atoms with E-state index in [2.05, 4.69) is 6.92 Å². The molecule has 0 radical (unpaired) electrons. The lowest BCUT2D eigenvalue weighted by atomic mass is 10.2. The molecule has 1 heterocycles. The Bertz CT molecular complexity index is 454. The summed E-state index contributed by atoms with van der Waals surface area (Å²) in [5.41, 5.74) is 1.14. The van der Waals surface area contributed by atoms with Gasteiger partial charge in [0.15, 0.2) is 0 Å². The molecule has 0 fully saturated rings. The van der Waals surface area contributed by atoms with Crippen LogP contribution in [0.1, 0.15) is 40.9 Å². The van der Waals surface area contributed by atoms with Crippen molar-refractivity contribution in [1.29, 1.82) is 0 Å². The largest absolute Gasteiger partial charge is 0.465 e. The molecule has 1 amide bonds. The molecule has 0 aliphatic carbocycles. The molecule has 5 heteroatoms. The number of ether oxygens (including phenoxy) is 1. The lowest BCUT2D eigenvalue weighted by molar-refractivity contribution is -0.143. The van der Waals surface area contributed by atoms with Gasteiger partial charge in [-0.2, -0.15) is 0 Å². The standard InChI is InChI=1S/C14H21NO3S/c1-5-11-10(4)8-12(19-11)14(17)15(6-2)9-13(16)18-7-3/h8H,5-7,9H2,1-4H3. The number of carbonyl (C=O) groups excluding carboxylic acids is 2. The van der Waals surface area contributed by atoms with Gasteiger partial charge in [0.25, 0.3) is 5.91 Å². The number of nitrogens with zero attached hydrogens (tertiary/aromatic N) is 1. The van der Waals surface area contributed by atoms with Crippen LogP contribution in [0.4, 0.5) is 0 Å². The first-order chi connectivity index (χ1) is 9.03. The lowest BCUT2D eigenvalue weighted by Gasteiger charge is -2.18. The van der Waals surface area contributed by atoms with Crippen LogP contribution < -0.4 is 0 Å². The summed E-state index contributed by atoms with van der Waals surface area (Å²) in [6.45, 7) is 8.54. The lowest BCUT2D eigenvalue weighted by Crippen LogP contribution is -2.35. The Balaban J connectivity index is 2.80. The van der Waals surface area contributed by atoms with Gasteiger partial charge in [0.1, 0.15) is 6.54 Å². The summed E-state index contributed by atoms with van der Waals surface area (Å²) in [6.07, 6.45) is 0.924. The molecular formula is C14H21NO3S. The Morgan fingerprint density at radius 3 is 2.47 bits per heavy atom. The van der Waals surface area contributed by atoms with E-state index in [1.165, 1.54) is 21.1 Å². The summed E-state index contributed by atoms with van der Waals surface area (Å²) in [6, 6.07) is 1.90. The third-order valence-electron chi connectivity index (χ3n) is 2.85. The summed E-state index contributed by atoms with van der Waals surface area (Å²) in [5, 5.41) is 0. The number of amides is 1. The number of hydrogen-bond acceptors (Lipinski definition) is 4. The van der Waals surface area contributed by atoms with Crippen LogP contribution in [-0.2, 0) is 16.0 Å². The minimum absolute atomic E-state index is 0.0155. The van der Waals surface area contributed by atoms with Gasteiger partial charge in [-0.25, -0.2) is 0 Å². The highest BCUT2D eigenvalue weighted by atomic mass is 32.1. The zero-order valence-electron chi connectivity index (χ0n) is 12.0. The van der Waals surface area contributed by atoms with Crippen LogP contribution in [0.5, 0.6) is 0 Å². The predicted molar refractivity (Wildman–Crippen MR) is 76.6 cm³/mol. The third-order valence-corrected chi connectivity index (χ3v) is 4.22. The first-order valence-corrected chi connectivity index (χ1v) is 7.39. The second-order valence-corrected chi connectivity index (χ2v) is 5.33. The van der Waals surface area contributed by atoms with E-state index in [0.717, 1.165) is 12.0 Å². The van der Waals surface area contributed by atoms with Crippen LogP contribution in [0.25, 0.3) is 0 Å². The molecule has 1 rings (SSSR count). The van der Waals surface area contributed by atoms with Crippen molar-refractivity contribution in [2.45, 2.75) is 34.1 Å². The van der Waals surface area contributed by atoms with Crippen LogP contribution >= 0.6 is 11.3 Å². The number of likely N-dealkylation sites (N-methyl/N-ethyl adjacent to an activating group) is 1. The van der Waals surface area contributed by atoms with E-state index < -0.39 is 0 Å². The maximum Gasteiger partial charge on any atom is 0.325 e. The van der Waals surface area contributed by atoms with E-state index >= 15 is 0 Å². The third kappa shape index (κ3) is 4.06. The van der Waals surface area contributed by atoms with Crippen molar-refractivity contribution in [3.8, 4) is 0 Å². The molecule has 0 spiro atoms. The van der Waals surface area contributed by atoms with Gasteiger partial charge in [-0.1, -0.05) is 6.92 Å². The highest BCUT2D eigenvalue weighted by Gasteiger charge is 2.20. The van der Waals surface area contributed by atoms with Crippen molar-refractivity contribution in [2.24, 2.45) is 0 Å². The van der Waals surface area contributed by atoms with Crippen molar-refractivity contribution in [1.82, 2.24) is 4.90 Å². The quantitative estimate of drug-likeness (QED) is 0.754. The molecule has 0 bridgehead atoms. The monoisotopic (exact) mass is 283 g/mol. The van der Waals surface area contributed by atoms with Crippen LogP contribution in [0.2, 0.25) is 0 Å². The van der Waals surface area contributed by atoms with Crippen molar-refractivity contribution in [3.63, 3.8) is 0 Å². The van der Waals surface area contributed by atoms with Gasteiger partial charge in [0.2, 0.25) is 0 Å². The van der Waals surface area contributed by atoms with E-state index in [1.54, 1.807) is 6.92 Å². The van der Waals surface area contributed by atoms with Crippen LogP contribution in [0.3, 0.4) is 0 Å². The summed E-state index contributed by atoms with van der Waals surface area (Å²) in [5.74, 6) is -0.454. The van der Waals surface area contributed by atoms with Crippen LogP contribution in [-0.4, -0.2) is 36.5 Å². The van der Waals surface area contributed by atoms with Gasteiger partial charge in [-0.05, 0) is 38.8 Å². The Hall–Kier alpha value is -1.36. The molecule has 19 heavy (non-hydrogen) atoms. The summed E-state index contributed by atoms with van der Waals surface area (Å²) in [4.78, 5) is 27.2. The zero-order valence-corrected chi connectivity index (χ0v) is 12.8. The molecule has 0 N–H and O–H groups in total. The fraction of sp³-hybridized carbons (Fsp3) is 0.571. The number of aryl methyl sites for hydroxylation is 2. The Kier molecular flexibility index (Phi) is 6.02. The fourth-order valence-electron chi connectivity index (χ4n) is 1.82. The van der Waals surface area contributed by atoms with Gasteiger partial charge in [0, 0.05) is 11.4 Å². The molecule has 1 aromatic heterocycles. The average molecular weight is 283 g/mol. The smallest absolute Gasteiger partial charge is 0.325 e. The van der Waals surface area contributed by atoms with Gasteiger partial charge in [-0.3, -0.25) is 9.59 Å². The number of hydrogen-bond donors (Lipinski definition) is 0. The maximum absolute atomic E-state index is 12.3. The molecular weight excluding hydrogens is 262 g/mol. The van der Waals surface area contributed by atoms with Crippen molar-refractivity contribution < 1.29 is 14.3 Å². The van der Waals surface area contributed by atoms with E-state index in [1.807, 2.05) is 19.9 Å². The average Bonchev–Trinajstić information content (AvgIpc) is 2.76. The summed E-state index contributed by atoms with van der Waals surface area (Å²) >= 11 is 1.51. The minimum atomic E-state index is -0.360. The van der Waals surface area contributed by atoms with Gasteiger partial charge < -0.3 is 9.64 Å². The van der Waals surface area contributed by atoms with E-state index in [-0.39, 0.29) is 18.4 Å². The van der Waals surface area contributed by atoms with E-state index in [4.69, 9.17) is 4.74 Å². The van der Waals surface area contributed by atoms with Crippen molar-refractivity contribution >= 4 is 23.2 Å². The number of carbonyl (C=O) groups is 2. The number of esters is 1. The van der Waals surface area contributed by atoms with Crippen molar-refractivity contribution in [3.05, 3.63) is 21.4 Å². The molecule has 0 atom stereocenters. The topological polar surface area (TPSA) is 46.6 Å². The molecule has 0 aromatic carbocycles. The summed E-state index contributed by atoms with van der Waals surface area (Å²) in [7, 11) is 0. The number of thiophene rings is 1. The SMILES string of the molecule is CCOC(=O)CN(CC)C(=O)c1cc(C)c(CC)s1. The molecule has 0 saturated heterocycles. The second-order valence-electron chi connectivity index (χ2n) is 4.19. The Morgan fingerprint density at radius 1 is 1.32 bits per heavy atom. The maximum atomic E-state index is 12.3. The van der Waals surface area contributed by atoms with E-state index in [9.17, 15) is 9.59 Å². The second kappa shape index (κ2) is 7.28. The van der Waals surface area contributed by atoms with Crippen molar-refractivity contribution in [2.75, 3.05) is 19.7 Å². The first-order valence-electron chi connectivity index (χ1n) is 6.57. The molecule has 0 saturated carbocycles. The zero-order chi connectivity index (χ0) is 14.4. The fourth-order valence-corrected chi connectivity index (χ4v) is 2.90. The molecule has 0 aliphatic rings. The molecule has 4 nitrogen and oxygen atoms in total. The molecule has 0 aliphatic heterocycles.